The first-order valence-electron chi connectivity index (χ1n) is 7.17. The van der Waals surface area contributed by atoms with Gasteiger partial charge in [0.1, 0.15) is 6.33 Å². The molecular weight excluding hydrogens is 438 g/mol. The fourth-order valence-corrected chi connectivity index (χ4v) is 3.57. The molecule has 1 amide bonds. The van der Waals surface area contributed by atoms with Gasteiger partial charge in [-0.3, -0.25) is 9.36 Å². The van der Waals surface area contributed by atoms with Crippen LogP contribution in [0.4, 0.5) is 5.69 Å². The molecule has 134 valence electrons. The fourth-order valence-electron chi connectivity index (χ4n) is 2.06. The molecule has 0 atom stereocenters. The maximum absolute atomic E-state index is 12.2. The number of hydrogen-bond acceptors (Lipinski definition) is 4. The molecule has 0 spiro atoms. The Morgan fingerprint density at radius 3 is 2.62 bits per heavy atom. The standard InChI is InChI=1S/C16H10Cl4N4OS/c17-9-2-1-3-10(4-9)24-8-21-23-16(24)26-7-15(25)22-14-6-12(19)11(18)5-13(14)20/h1-6,8H,7H2,(H,22,25). The number of carbonyl (C=O) groups excluding carboxylic acids is 1. The van der Waals surface area contributed by atoms with Gasteiger partial charge in [-0.15, -0.1) is 10.2 Å². The number of benzene rings is 2. The Labute approximate surface area is 173 Å². The van der Waals surface area contributed by atoms with Gasteiger partial charge in [0.05, 0.1) is 32.2 Å². The second kappa shape index (κ2) is 8.50. The van der Waals surface area contributed by atoms with Crippen molar-refractivity contribution in [2.45, 2.75) is 5.16 Å². The van der Waals surface area contributed by atoms with Gasteiger partial charge in [0.2, 0.25) is 5.91 Å². The van der Waals surface area contributed by atoms with Gasteiger partial charge in [-0.1, -0.05) is 64.2 Å². The van der Waals surface area contributed by atoms with E-state index in [4.69, 9.17) is 46.4 Å². The lowest BCUT2D eigenvalue weighted by molar-refractivity contribution is -0.113. The summed E-state index contributed by atoms with van der Waals surface area (Å²) in [6.45, 7) is 0. The van der Waals surface area contributed by atoms with Crippen LogP contribution in [-0.2, 0) is 4.79 Å². The topological polar surface area (TPSA) is 59.8 Å². The highest BCUT2D eigenvalue weighted by Gasteiger charge is 2.13. The predicted molar refractivity (Wildman–Crippen MR) is 107 cm³/mol. The van der Waals surface area contributed by atoms with Crippen molar-refractivity contribution in [2.75, 3.05) is 11.1 Å². The highest BCUT2D eigenvalue weighted by molar-refractivity contribution is 7.99. The van der Waals surface area contributed by atoms with Crippen molar-refractivity contribution in [1.29, 1.82) is 0 Å². The molecular formula is C16H10Cl4N4OS. The van der Waals surface area contributed by atoms with Crippen molar-refractivity contribution in [3.05, 3.63) is 62.8 Å². The predicted octanol–water partition coefficient (Wildman–Crippen LogP) is 5.61. The molecule has 1 N–H and O–H groups in total. The summed E-state index contributed by atoms with van der Waals surface area (Å²) < 4.78 is 1.75. The van der Waals surface area contributed by atoms with Gasteiger partial charge in [0, 0.05) is 5.02 Å². The third kappa shape index (κ3) is 4.64. The lowest BCUT2D eigenvalue weighted by atomic mass is 10.3. The van der Waals surface area contributed by atoms with Crippen molar-refractivity contribution in [3.8, 4) is 5.69 Å². The third-order valence-electron chi connectivity index (χ3n) is 3.22. The molecule has 0 saturated heterocycles. The number of thioether (sulfide) groups is 1. The number of hydrogen-bond donors (Lipinski definition) is 1. The van der Waals surface area contributed by atoms with Crippen LogP contribution in [0.3, 0.4) is 0 Å². The number of nitrogens with one attached hydrogen (secondary N) is 1. The van der Waals surface area contributed by atoms with Crippen LogP contribution in [0.5, 0.6) is 0 Å². The lowest BCUT2D eigenvalue weighted by Gasteiger charge is -2.09. The molecule has 0 saturated carbocycles. The quantitative estimate of drug-likeness (QED) is 0.407. The second-order valence-electron chi connectivity index (χ2n) is 5.05. The van der Waals surface area contributed by atoms with Gasteiger partial charge in [-0.05, 0) is 30.3 Å². The van der Waals surface area contributed by atoms with E-state index in [1.807, 2.05) is 12.1 Å². The summed E-state index contributed by atoms with van der Waals surface area (Å²) in [5, 5.41) is 12.7. The molecule has 3 rings (SSSR count). The average Bonchev–Trinajstić information content (AvgIpc) is 3.06. The van der Waals surface area contributed by atoms with E-state index in [0.29, 0.717) is 30.9 Å². The van der Waals surface area contributed by atoms with E-state index in [1.165, 1.54) is 23.9 Å². The zero-order valence-electron chi connectivity index (χ0n) is 12.9. The largest absolute Gasteiger partial charge is 0.324 e. The highest BCUT2D eigenvalue weighted by atomic mass is 35.5. The van der Waals surface area contributed by atoms with Gasteiger partial charge >= 0.3 is 0 Å². The van der Waals surface area contributed by atoms with E-state index >= 15 is 0 Å². The Balaban J connectivity index is 1.68. The van der Waals surface area contributed by atoms with Crippen molar-refractivity contribution in [2.24, 2.45) is 0 Å². The van der Waals surface area contributed by atoms with Gasteiger partial charge in [0.15, 0.2) is 5.16 Å². The Morgan fingerprint density at radius 2 is 1.85 bits per heavy atom. The number of anilines is 1. The summed E-state index contributed by atoms with van der Waals surface area (Å²) in [5.41, 5.74) is 1.20. The van der Waals surface area contributed by atoms with Crippen molar-refractivity contribution in [3.63, 3.8) is 0 Å². The number of halogens is 4. The molecule has 26 heavy (non-hydrogen) atoms. The van der Waals surface area contributed by atoms with Crippen molar-refractivity contribution >= 4 is 69.8 Å². The summed E-state index contributed by atoms with van der Waals surface area (Å²) in [6, 6.07) is 10.2. The Bertz CT molecular complexity index is 963. The first kappa shape index (κ1) is 19.3. The molecule has 1 aromatic heterocycles. The first-order chi connectivity index (χ1) is 12.4. The molecule has 5 nitrogen and oxygen atoms in total. The fraction of sp³-hybridized carbons (Fsp3) is 0.0625. The molecule has 0 unspecified atom stereocenters. The number of carbonyl (C=O) groups is 1. The van der Waals surface area contributed by atoms with Crippen LogP contribution < -0.4 is 5.32 Å². The molecule has 0 radical (unpaired) electrons. The number of nitrogens with zero attached hydrogens (tertiary/aromatic N) is 3. The van der Waals surface area contributed by atoms with Crippen LogP contribution in [0.15, 0.2) is 47.9 Å². The molecule has 0 aliphatic heterocycles. The minimum Gasteiger partial charge on any atom is -0.324 e. The Morgan fingerprint density at radius 1 is 1.08 bits per heavy atom. The highest BCUT2D eigenvalue weighted by Crippen LogP contribution is 2.32. The van der Waals surface area contributed by atoms with E-state index < -0.39 is 0 Å². The van der Waals surface area contributed by atoms with Crippen molar-refractivity contribution in [1.82, 2.24) is 14.8 Å². The van der Waals surface area contributed by atoms with E-state index in [1.54, 1.807) is 23.0 Å². The third-order valence-corrected chi connectivity index (χ3v) is 5.43. The number of aromatic nitrogens is 3. The molecule has 0 aliphatic rings. The van der Waals surface area contributed by atoms with Gasteiger partial charge < -0.3 is 5.32 Å². The minimum absolute atomic E-state index is 0.107. The average molecular weight is 448 g/mol. The summed E-state index contributed by atoms with van der Waals surface area (Å²) in [4.78, 5) is 12.2. The van der Waals surface area contributed by atoms with E-state index in [9.17, 15) is 4.79 Å². The zero-order chi connectivity index (χ0) is 18.7. The molecule has 3 aromatic rings. The maximum atomic E-state index is 12.2. The Kier molecular flexibility index (Phi) is 6.32. The molecule has 2 aromatic carbocycles. The van der Waals surface area contributed by atoms with Gasteiger partial charge in [-0.2, -0.15) is 0 Å². The van der Waals surface area contributed by atoms with Crippen LogP contribution in [0.25, 0.3) is 5.69 Å². The second-order valence-corrected chi connectivity index (χ2v) is 7.65. The molecule has 0 aliphatic carbocycles. The van der Waals surface area contributed by atoms with Crippen LogP contribution in [0.2, 0.25) is 20.1 Å². The van der Waals surface area contributed by atoms with Gasteiger partial charge in [-0.25, -0.2) is 0 Å². The smallest absolute Gasteiger partial charge is 0.234 e. The SMILES string of the molecule is O=C(CSc1nncn1-c1cccc(Cl)c1)Nc1cc(Cl)c(Cl)cc1Cl. The summed E-state index contributed by atoms with van der Waals surface area (Å²) in [7, 11) is 0. The Hall–Kier alpha value is -1.44. The summed E-state index contributed by atoms with van der Waals surface area (Å²) >= 11 is 25.1. The van der Waals surface area contributed by atoms with Gasteiger partial charge in [0.25, 0.3) is 0 Å². The zero-order valence-corrected chi connectivity index (χ0v) is 16.8. The number of rotatable bonds is 5. The first-order valence-corrected chi connectivity index (χ1v) is 9.67. The minimum atomic E-state index is -0.268. The van der Waals surface area contributed by atoms with Crippen LogP contribution in [-0.4, -0.2) is 26.4 Å². The van der Waals surface area contributed by atoms with E-state index in [2.05, 4.69) is 15.5 Å². The van der Waals surface area contributed by atoms with Crippen LogP contribution in [0.1, 0.15) is 0 Å². The lowest BCUT2D eigenvalue weighted by Crippen LogP contribution is -2.15. The van der Waals surface area contributed by atoms with E-state index in [0.717, 1.165) is 5.69 Å². The van der Waals surface area contributed by atoms with Crippen LogP contribution in [0, 0.1) is 0 Å². The molecule has 0 fully saturated rings. The molecule has 1 heterocycles. The summed E-state index contributed by atoms with van der Waals surface area (Å²) in [5.74, 6) is -0.161. The summed E-state index contributed by atoms with van der Waals surface area (Å²) in [6.07, 6.45) is 1.56. The molecule has 10 heteroatoms. The maximum Gasteiger partial charge on any atom is 0.234 e. The molecule has 0 bridgehead atoms. The van der Waals surface area contributed by atoms with E-state index in [-0.39, 0.29) is 11.7 Å². The monoisotopic (exact) mass is 446 g/mol. The van der Waals surface area contributed by atoms with Crippen molar-refractivity contribution < 1.29 is 4.79 Å². The van der Waals surface area contributed by atoms with Crippen LogP contribution >= 0.6 is 58.2 Å². The normalized spacial score (nSPS) is 10.8. The number of amides is 1.